The van der Waals surface area contributed by atoms with E-state index in [1.54, 1.807) is 7.11 Å². The van der Waals surface area contributed by atoms with Crippen LogP contribution in [0, 0.1) is 0 Å². The first-order chi connectivity index (χ1) is 8.22. The molecule has 1 N–H and O–H groups in total. The van der Waals surface area contributed by atoms with Gasteiger partial charge >= 0.3 is 0 Å². The Hall–Kier alpha value is -1.32. The standard InChI is InChI=1S/C14H13BrO2/c1-17-11-6-4-5-10(9-11)14(16)12-7-2-3-8-13(12)15/h2-9,14,16H,1H3/t14-/m1/s1. The molecule has 0 fully saturated rings. The van der Waals surface area contributed by atoms with Gasteiger partial charge in [-0.2, -0.15) is 0 Å². The number of hydrogen-bond acceptors (Lipinski definition) is 2. The fourth-order valence-electron chi connectivity index (χ4n) is 1.69. The molecule has 0 amide bonds. The molecule has 2 aromatic rings. The Labute approximate surface area is 109 Å². The van der Waals surface area contributed by atoms with Crippen LogP contribution in [0.3, 0.4) is 0 Å². The van der Waals surface area contributed by atoms with E-state index in [2.05, 4.69) is 15.9 Å². The normalized spacial score (nSPS) is 12.2. The summed E-state index contributed by atoms with van der Waals surface area (Å²) in [6.45, 7) is 0. The van der Waals surface area contributed by atoms with Gasteiger partial charge in [-0.1, -0.05) is 46.3 Å². The molecule has 0 radical (unpaired) electrons. The molecule has 0 bridgehead atoms. The van der Waals surface area contributed by atoms with Crippen LogP contribution in [0.25, 0.3) is 0 Å². The maximum atomic E-state index is 10.3. The number of benzene rings is 2. The number of rotatable bonds is 3. The highest BCUT2D eigenvalue weighted by Crippen LogP contribution is 2.29. The Morgan fingerprint density at radius 2 is 1.88 bits per heavy atom. The lowest BCUT2D eigenvalue weighted by Crippen LogP contribution is -2.00. The van der Waals surface area contributed by atoms with Crippen LogP contribution in [0.1, 0.15) is 17.2 Å². The lowest BCUT2D eigenvalue weighted by atomic mass is 10.0. The molecule has 17 heavy (non-hydrogen) atoms. The molecule has 88 valence electrons. The van der Waals surface area contributed by atoms with Crippen molar-refractivity contribution in [2.24, 2.45) is 0 Å². The molecule has 0 aliphatic heterocycles. The van der Waals surface area contributed by atoms with E-state index in [0.29, 0.717) is 0 Å². The molecule has 0 saturated carbocycles. The van der Waals surface area contributed by atoms with Gasteiger partial charge in [-0.25, -0.2) is 0 Å². The zero-order chi connectivity index (χ0) is 12.3. The summed E-state index contributed by atoms with van der Waals surface area (Å²) in [6, 6.07) is 15.1. The van der Waals surface area contributed by atoms with E-state index in [0.717, 1.165) is 21.3 Å². The Kier molecular flexibility index (Phi) is 3.82. The van der Waals surface area contributed by atoms with Gasteiger partial charge in [0.1, 0.15) is 11.9 Å². The van der Waals surface area contributed by atoms with Crippen molar-refractivity contribution >= 4 is 15.9 Å². The fraction of sp³-hybridized carbons (Fsp3) is 0.143. The predicted octanol–water partition coefficient (Wildman–Crippen LogP) is 3.54. The largest absolute Gasteiger partial charge is 0.497 e. The molecule has 0 aliphatic rings. The van der Waals surface area contributed by atoms with Crippen molar-refractivity contribution in [2.45, 2.75) is 6.10 Å². The third kappa shape index (κ3) is 2.68. The van der Waals surface area contributed by atoms with Crippen molar-refractivity contribution in [2.75, 3.05) is 7.11 Å². The van der Waals surface area contributed by atoms with Crippen molar-refractivity contribution in [3.63, 3.8) is 0 Å². The highest BCUT2D eigenvalue weighted by atomic mass is 79.9. The Morgan fingerprint density at radius 3 is 2.59 bits per heavy atom. The average molecular weight is 293 g/mol. The van der Waals surface area contributed by atoms with Crippen LogP contribution < -0.4 is 4.74 Å². The zero-order valence-corrected chi connectivity index (χ0v) is 11.0. The minimum absolute atomic E-state index is 0.652. The predicted molar refractivity (Wildman–Crippen MR) is 71.2 cm³/mol. The van der Waals surface area contributed by atoms with Crippen LogP contribution in [-0.4, -0.2) is 12.2 Å². The van der Waals surface area contributed by atoms with Gasteiger partial charge in [0.15, 0.2) is 0 Å². The first kappa shape index (κ1) is 12.1. The maximum absolute atomic E-state index is 10.3. The third-order valence-electron chi connectivity index (χ3n) is 2.61. The second-order valence-electron chi connectivity index (χ2n) is 3.70. The van der Waals surface area contributed by atoms with Gasteiger partial charge in [0.25, 0.3) is 0 Å². The van der Waals surface area contributed by atoms with Crippen molar-refractivity contribution in [1.82, 2.24) is 0 Å². The minimum Gasteiger partial charge on any atom is -0.497 e. The number of halogens is 1. The van der Waals surface area contributed by atoms with E-state index in [1.807, 2.05) is 48.5 Å². The van der Waals surface area contributed by atoms with Crippen LogP contribution in [0.4, 0.5) is 0 Å². The molecule has 0 aromatic heterocycles. The molecule has 1 atom stereocenters. The summed E-state index contributed by atoms with van der Waals surface area (Å²) in [5.74, 6) is 0.744. The number of hydrogen-bond donors (Lipinski definition) is 1. The Bertz CT molecular complexity index is 511. The van der Waals surface area contributed by atoms with E-state index >= 15 is 0 Å². The number of methoxy groups -OCH3 is 1. The molecule has 2 rings (SSSR count). The van der Waals surface area contributed by atoms with E-state index < -0.39 is 6.10 Å². The first-order valence-electron chi connectivity index (χ1n) is 5.29. The van der Waals surface area contributed by atoms with Crippen LogP contribution in [-0.2, 0) is 0 Å². The highest BCUT2D eigenvalue weighted by molar-refractivity contribution is 9.10. The topological polar surface area (TPSA) is 29.5 Å². The van der Waals surface area contributed by atoms with Crippen LogP contribution >= 0.6 is 15.9 Å². The molecule has 0 unspecified atom stereocenters. The molecular formula is C14H13BrO2. The molecule has 2 aromatic carbocycles. The smallest absolute Gasteiger partial charge is 0.119 e. The molecule has 2 nitrogen and oxygen atoms in total. The maximum Gasteiger partial charge on any atom is 0.119 e. The van der Waals surface area contributed by atoms with Crippen molar-refractivity contribution in [3.05, 3.63) is 64.1 Å². The quantitative estimate of drug-likeness (QED) is 0.938. The van der Waals surface area contributed by atoms with E-state index in [-0.39, 0.29) is 0 Å². The van der Waals surface area contributed by atoms with Gasteiger partial charge in [0, 0.05) is 4.47 Å². The highest BCUT2D eigenvalue weighted by Gasteiger charge is 2.13. The summed E-state index contributed by atoms with van der Waals surface area (Å²) in [7, 11) is 1.62. The first-order valence-corrected chi connectivity index (χ1v) is 6.08. The fourth-order valence-corrected chi connectivity index (χ4v) is 2.19. The summed E-state index contributed by atoms with van der Waals surface area (Å²) in [5, 5.41) is 10.3. The van der Waals surface area contributed by atoms with Gasteiger partial charge in [0.05, 0.1) is 7.11 Å². The second kappa shape index (κ2) is 5.34. The lowest BCUT2D eigenvalue weighted by Gasteiger charge is -2.14. The summed E-state index contributed by atoms with van der Waals surface area (Å²) >= 11 is 3.44. The van der Waals surface area contributed by atoms with Crippen LogP contribution in [0.2, 0.25) is 0 Å². The number of aliphatic hydroxyl groups is 1. The van der Waals surface area contributed by atoms with Gasteiger partial charge in [-0.15, -0.1) is 0 Å². The van der Waals surface area contributed by atoms with Crippen molar-refractivity contribution in [1.29, 1.82) is 0 Å². The Balaban J connectivity index is 2.37. The molecule has 0 spiro atoms. The van der Waals surface area contributed by atoms with Gasteiger partial charge in [0.2, 0.25) is 0 Å². The third-order valence-corrected chi connectivity index (χ3v) is 3.33. The Morgan fingerprint density at radius 1 is 1.12 bits per heavy atom. The number of aliphatic hydroxyl groups excluding tert-OH is 1. The zero-order valence-electron chi connectivity index (χ0n) is 9.43. The lowest BCUT2D eigenvalue weighted by molar-refractivity contribution is 0.219. The SMILES string of the molecule is COc1cccc([C@@H](O)c2ccccc2Br)c1. The number of ether oxygens (including phenoxy) is 1. The summed E-state index contributed by atoms with van der Waals surface area (Å²) < 4.78 is 6.05. The van der Waals surface area contributed by atoms with Gasteiger partial charge in [-0.05, 0) is 29.3 Å². The molecule has 0 saturated heterocycles. The summed E-state index contributed by atoms with van der Waals surface area (Å²) in [6.07, 6.45) is -0.652. The second-order valence-corrected chi connectivity index (χ2v) is 4.56. The van der Waals surface area contributed by atoms with Crippen molar-refractivity contribution < 1.29 is 9.84 Å². The molecule has 0 aliphatic carbocycles. The van der Waals surface area contributed by atoms with Crippen LogP contribution in [0.5, 0.6) is 5.75 Å². The molecule has 0 heterocycles. The molecule has 3 heteroatoms. The van der Waals surface area contributed by atoms with E-state index in [9.17, 15) is 5.11 Å². The molecular weight excluding hydrogens is 280 g/mol. The summed E-state index contributed by atoms with van der Waals surface area (Å²) in [4.78, 5) is 0. The average Bonchev–Trinajstić information content (AvgIpc) is 2.38. The van der Waals surface area contributed by atoms with Crippen molar-refractivity contribution in [3.8, 4) is 5.75 Å². The summed E-state index contributed by atoms with van der Waals surface area (Å²) in [5.41, 5.74) is 1.66. The van der Waals surface area contributed by atoms with Gasteiger partial charge < -0.3 is 9.84 Å². The van der Waals surface area contributed by atoms with E-state index in [4.69, 9.17) is 4.74 Å². The van der Waals surface area contributed by atoms with Gasteiger partial charge in [-0.3, -0.25) is 0 Å². The minimum atomic E-state index is -0.652. The monoisotopic (exact) mass is 292 g/mol. The van der Waals surface area contributed by atoms with Crippen LogP contribution in [0.15, 0.2) is 53.0 Å². The van der Waals surface area contributed by atoms with E-state index in [1.165, 1.54) is 0 Å².